The quantitative estimate of drug-likeness (QED) is 0.902. The number of rotatable bonds is 5. The standard InChI is InChI=1S/C15H24N2O3S/c1-4-20-14-6-5-13(9-12(14)10-16)21(18,19)17-8-7-15(2,3)11-17/h5-6,9H,4,7-8,10-11,16H2,1-3H3. The van der Waals surface area contributed by atoms with Gasteiger partial charge < -0.3 is 10.5 Å². The second-order valence-corrected chi connectivity index (χ2v) is 8.10. The van der Waals surface area contributed by atoms with Crippen molar-refractivity contribution in [3.8, 4) is 5.75 Å². The minimum Gasteiger partial charge on any atom is -0.494 e. The largest absolute Gasteiger partial charge is 0.494 e. The maximum absolute atomic E-state index is 12.7. The number of nitrogens with two attached hydrogens (primary N) is 1. The maximum atomic E-state index is 12.7. The van der Waals surface area contributed by atoms with Crippen LogP contribution in [0.1, 0.15) is 32.8 Å². The summed E-state index contributed by atoms with van der Waals surface area (Å²) in [4.78, 5) is 0.295. The van der Waals surface area contributed by atoms with Crippen molar-refractivity contribution >= 4 is 10.0 Å². The smallest absolute Gasteiger partial charge is 0.243 e. The second kappa shape index (κ2) is 5.94. The molecular weight excluding hydrogens is 288 g/mol. The van der Waals surface area contributed by atoms with Crippen LogP contribution in [0.25, 0.3) is 0 Å². The number of benzene rings is 1. The lowest BCUT2D eigenvalue weighted by atomic mass is 9.93. The van der Waals surface area contributed by atoms with Crippen LogP contribution in [-0.2, 0) is 16.6 Å². The lowest BCUT2D eigenvalue weighted by molar-refractivity contribution is 0.336. The molecule has 1 aliphatic heterocycles. The minimum atomic E-state index is -3.45. The van der Waals surface area contributed by atoms with Crippen LogP contribution in [0.3, 0.4) is 0 Å². The summed E-state index contributed by atoms with van der Waals surface area (Å²) in [5, 5.41) is 0. The zero-order valence-corrected chi connectivity index (χ0v) is 13.7. The summed E-state index contributed by atoms with van der Waals surface area (Å²) in [6, 6.07) is 4.93. The van der Waals surface area contributed by atoms with E-state index < -0.39 is 10.0 Å². The van der Waals surface area contributed by atoms with E-state index in [1.54, 1.807) is 22.5 Å². The first-order valence-corrected chi connectivity index (χ1v) is 8.70. The van der Waals surface area contributed by atoms with E-state index in [1.165, 1.54) is 0 Å². The topological polar surface area (TPSA) is 72.6 Å². The Labute approximate surface area is 127 Å². The van der Waals surface area contributed by atoms with E-state index in [-0.39, 0.29) is 12.0 Å². The average molecular weight is 312 g/mol. The molecule has 0 aliphatic carbocycles. The molecule has 0 spiro atoms. The third-order valence-electron chi connectivity index (χ3n) is 3.83. The monoisotopic (exact) mass is 312 g/mol. The summed E-state index contributed by atoms with van der Waals surface area (Å²) >= 11 is 0. The Morgan fingerprint density at radius 1 is 1.38 bits per heavy atom. The first-order valence-electron chi connectivity index (χ1n) is 7.26. The zero-order valence-electron chi connectivity index (χ0n) is 12.9. The van der Waals surface area contributed by atoms with E-state index in [4.69, 9.17) is 10.5 Å². The molecule has 118 valence electrons. The van der Waals surface area contributed by atoms with Gasteiger partial charge in [-0.3, -0.25) is 0 Å². The Balaban J connectivity index is 2.33. The maximum Gasteiger partial charge on any atom is 0.243 e. The van der Waals surface area contributed by atoms with E-state index in [9.17, 15) is 8.42 Å². The summed E-state index contributed by atoms with van der Waals surface area (Å²) in [6.07, 6.45) is 0.882. The molecule has 0 unspecified atom stereocenters. The van der Waals surface area contributed by atoms with Gasteiger partial charge in [0.2, 0.25) is 10.0 Å². The number of hydrogen-bond acceptors (Lipinski definition) is 4. The van der Waals surface area contributed by atoms with Gasteiger partial charge in [0.05, 0.1) is 11.5 Å². The van der Waals surface area contributed by atoms with Gasteiger partial charge in [-0.15, -0.1) is 0 Å². The molecule has 0 amide bonds. The molecule has 1 heterocycles. The highest BCUT2D eigenvalue weighted by atomic mass is 32.2. The van der Waals surface area contributed by atoms with Crippen molar-refractivity contribution in [3.63, 3.8) is 0 Å². The molecule has 5 nitrogen and oxygen atoms in total. The van der Waals surface area contributed by atoms with Crippen molar-refractivity contribution in [2.24, 2.45) is 11.1 Å². The minimum absolute atomic E-state index is 0.0367. The molecule has 1 aromatic rings. The Morgan fingerprint density at radius 2 is 2.10 bits per heavy atom. The molecule has 21 heavy (non-hydrogen) atoms. The predicted molar refractivity (Wildman–Crippen MR) is 82.7 cm³/mol. The average Bonchev–Trinajstić information content (AvgIpc) is 2.80. The van der Waals surface area contributed by atoms with Crippen LogP contribution < -0.4 is 10.5 Å². The van der Waals surface area contributed by atoms with Crippen LogP contribution in [0.4, 0.5) is 0 Å². The molecule has 0 atom stereocenters. The SMILES string of the molecule is CCOc1ccc(S(=O)(=O)N2CCC(C)(C)C2)cc1CN. The predicted octanol–water partition coefficient (Wildman–Crippen LogP) is 1.96. The van der Waals surface area contributed by atoms with Crippen molar-refractivity contribution in [2.75, 3.05) is 19.7 Å². The second-order valence-electron chi connectivity index (χ2n) is 6.16. The molecule has 0 radical (unpaired) electrons. The fraction of sp³-hybridized carbons (Fsp3) is 0.600. The molecule has 0 saturated carbocycles. The van der Waals surface area contributed by atoms with Crippen molar-refractivity contribution in [1.29, 1.82) is 0 Å². The first kappa shape index (κ1) is 16.3. The van der Waals surface area contributed by atoms with Crippen LogP contribution in [0.5, 0.6) is 5.75 Å². The highest BCUT2D eigenvalue weighted by Gasteiger charge is 2.36. The van der Waals surface area contributed by atoms with Crippen molar-refractivity contribution in [2.45, 2.75) is 38.6 Å². The van der Waals surface area contributed by atoms with Crippen molar-refractivity contribution in [1.82, 2.24) is 4.31 Å². The van der Waals surface area contributed by atoms with Crippen LogP contribution in [-0.4, -0.2) is 32.4 Å². The fourth-order valence-electron chi connectivity index (χ4n) is 2.59. The lowest BCUT2D eigenvalue weighted by Gasteiger charge is -2.20. The summed E-state index contributed by atoms with van der Waals surface area (Å²) in [7, 11) is -3.45. The number of sulfonamides is 1. The van der Waals surface area contributed by atoms with Gasteiger partial charge in [-0.25, -0.2) is 8.42 Å². The van der Waals surface area contributed by atoms with Crippen LogP contribution in [0.15, 0.2) is 23.1 Å². The number of nitrogens with zero attached hydrogens (tertiary/aromatic N) is 1. The van der Waals surface area contributed by atoms with Crippen molar-refractivity contribution < 1.29 is 13.2 Å². The zero-order chi connectivity index (χ0) is 15.7. The first-order chi connectivity index (χ1) is 9.80. The highest BCUT2D eigenvalue weighted by Crippen LogP contribution is 2.33. The molecule has 0 aromatic heterocycles. The molecule has 1 saturated heterocycles. The van der Waals surface area contributed by atoms with Gasteiger partial charge in [-0.1, -0.05) is 13.8 Å². The molecule has 2 N–H and O–H groups in total. The Hall–Kier alpha value is -1.11. The highest BCUT2D eigenvalue weighted by molar-refractivity contribution is 7.89. The van der Waals surface area contributed by atoms with E-state index in [0.717, 1.165) is 12.0 Å². The Bertz CT molecular complexity index is 611. The van der Waals surface area contributed by atoms with E-state index >= 15 is 0 Å². The Morgan fingerprint density at radius 3 is 2.62 bits per heavy atom. The molecule has 0 bridgehead atoms. The molecule has 2 rings (SSSR count). The molecule has 1 aliphatic rings. The van der Waals surface area contributed by atoms with E-state index in [0.29, 0.717) is 30.3 Å². The summed E-state index contributed by atoms with van der Waals surface area (Å²) < 4.78 is 32.4. The third kappa shape index (κ3) is 3.39. The lowest BCUT2D eigenvalue weighted by Crippen LogP contribution is -2.30. The summed E-state index contributed by atoms with van der Waals surface area (Å²) in [6.45, 7) is 7.97. The van der Waals surface area contributed by atoms with Gasteiger partial charge in [-0.05, 0) is 37.0 Å². The van der Waals surface area contributed by atoms with Crippen LogP contribution in [0.2, 0.25) is 0 Å². The summed E-state index contributed by atoms with van der Waals surface area (Å²) in [5.41, 5.74) is 6.46. The number of hydrogen-bond donors (Lipinski definition) is 1. The summed E-state index contributed by atoms with van der Waals surface area (Å²) in [5.74, 6) is 0.653. The van der Waals surface area contributed by atoms with Gasteiger partial charge >= 0.3 is 0 Å². The van der Waals surface area contributed by atoms with Gasteiger partial charge in [0.25, 0.3) is 0 Å². The molecule has 1 fully saturated rings. The number of ether oxygens (including phenoxy) is 1. The molecule has 6 heteroatoms. The van der Waals surface area contributed by atoms with Crippen molar-refractivity contribution in [3.05, 3.63) is 23.8 Å². The van der Waals surface area contributed by atoms with Crippen LogP contribution in [0, 0.1) is 5.41 Å². The van der Waals surface area contributed by atoms with E-state index in [2.05, 4.69) is 13.8 Å². The van der Waals surface area contributed by atoms with Gasteiger partial charge in [0.1, 0.15) is 5.75 Å². The molecular formula is C15H24N2O3S. The normalized spacial score (nSPS) is 18.9. The van der Waals surface area contributed by atoms with Gasteiger partial charge in [-0.2, -0.15) is 4.31 Å². The van der Waals surface area contributed by atoms with Gasteiger partial charge in [0, 0.05) is 25.2 Å². The van der Waals surface area contributed by atoms with Gasteiger partial charge in [0.15, 0.2) is 0 Å². The third-order valence-corrected chi connectivity index (χ3v) is 5.67. The Kier molecular flexibility index (Phi) is 4.60. The molecule has 1 aromatic carbocycles. The van der Waals surface area contributed by atoms with Crippen LogP contribution >= 0.6 is 0 Å². The fourth-order valence-corrected chi connectivity index (χ4v) is 4.27. The van der Waals surface area contributed by atoms with E-state index in [1.807, 2.05) is 6.92 Å².